The summed E-state index contributed by atoms with van der Waals surface area (Å²) >= 11 is 5.97. The molecule has 0 radical (unpaired) electrons. The lowest BCUT2D eigenvalue weighted by atomic mass is 10.1. The third kappa shape index (κ3) is 3.62. The van der Waals surface area contributed by atoms with Gasteiger partial charge in [-0.05, 0) is 67.8 Å². The molecule has 1 aliphatic rings. The Morgan fingerprint density at radius 2 is 1.76 bits per heavy atom. The van der Waals surface area contributed by atoms with Crippen molar-refractivity contribution in [2.45, 2.75) is 26.2 Å². The maximum atomic E-state index is 13.3. The number of carbonyl (C=O) groups is 2. The van der Waals surface area contributed by atoms with Gasteiger partial charge in [-0.3, -0.25) is 14.2 Å². The lowest BCUT2D eigenvalue weighted by Gasteiger charge is -2.15. The molecule has 0 aliphatic carbocycles. The number of nitrogens with zero attached hydrogens (tertiary/aromatic N) is 2. The number of ether oxygens (including phenoxy) is 1. The molecule has 0 unspecified atom stereocenters. The average Bonchev–Trinajstić information content (AvgIpc) is 3.35. The molecule has 0 atom stereocenters. The van der Waals surface area contributed by atoms with Crippen LogP contribution in [-0.4, -0.2) is 41.5 Å². The van der Waals surface area contributed by atoms with E-state index in [1.165, 1.54) is 0 Å². The minimum absolute atomic E-state index is 0.103. The number of aromatic nitrogens is 1. The highest BCUT2D eigenvalue weighted by Crippen LogP contribution is 2.31. The van der Waals surface area contributed by atoms with Crippen molar-refractivity contribution in [3.63, 3.8) is 0 Å². The number of methoxy groups -OCH3 is 1. The second-order valence-corrected chi connectivity index (χ2v) is 7.80. The van der Waals surface area contributed by atoms with Gasteiger partial charge in [-0.25, -0.2) is 0 Å². The van der Waals surface area contributed by atoms with Crippen LogP contribution < -0.4 is 4.74 Å². The largest absolute Gasteiger partial charge is 0.497 e. The SMILES string of the molecule is COc1ccc2c(c1)c(CC(=O)N1CCCC1)c(C)n2C(=O)c1ccc(Cl)cc1. The van der Waals surface area contributed by atoms with Gasteiger partial charge in [0, 0.05) is 34.8 Å². The Morgan fingerprint density at radius 3 is 2.41 bits per heavy atom. The van der Waals surface area contributed by atoms with E-state index in [-0.39, 0.29) is 18.2 Å². The first-order valence-corrected chi connectivity index (χ1v) is 10.1. The van der Waals surface area contributed by atoms with Gasteiger partial charge < -0.3 is 9.64 Å². The fourth-order valence-corrected chi connectivity index (χ4v) is 4.15. The van der Waals surface area contributed by atoms with E-state index in [4.69, 9.17) is 16.3 Å². The third-order valence-electron chi connectivity index (χ3n) is 5.62. The van der Waals surface area contributed by atoms with Crippen molar-refractivity contribution >= 4 is 34.3 Å². The zero-order chi connectivity index (χ0) is 20.5. The smallest absolute Gasteiger partial charge is 0.262 e. The number of halogens is 1. The number of hydrogen-bond acceptors (Lipinski definition) is 3. The van der Waals surface area contributed by atoms with E-state index >= 15 is 0 Å². The number of carbonyl (C=O) groups excluding carboxylic acids is 2. The van der Waals surface area contributed by atoms with E-state index in [1.807, 2.05) is 30.0 Å². The van der Waals surface area contributed by atoms with Crippen LogP contribution in [0.5, 0.6) is 5.75 Å². The predicted molar refractivity (Wildman–Crippen MR) is 114 cm³/mol. The molecule has 29 heavy (non-hydrogen) atoms. The molecular formula is C23H23ClN2O3. The molecule has 1 fully saturated rings. The molecular weight excluding hydrogens is 388 g/mol. The molecule has 2 aromatic carbocycles. The molecule has 3 aromatic rings. The van der Waals surface area contributed by atoms with E-state index in [2.05, 4.69) is 0 Å². The van der Waals surface area contributed by atoms with Gasteiger partial charge in [-0.15, -0.1) is 0 Å². The van der Waals surface area contributed by atoms with Crippen molar-refractivity contribution in [1.82, 2.24) is 9.47 Å². The van der Waals surface area contributed by atoms with Gasteiger partial charge in [-0.1, -0.05) is 11.6 Å². The van der Waals surface area contributed by atoms with Crippen LogP contribution >= 0.6 is 11.6 Å². The molecule has 150 valence electrons. The Morgan fingerprint density at radius 1 is 1.07 bits per heavy atom. The van der Waals surface area contributed by atoms with Crippen molar-refractivity contribution in [3.8, 4) is 5.75 Å². The van der Waals surface area contributed by atoms with Gasteiger partial charge in [0.05, 0.1) is 19.0 Å². The Hall–Kier alpha value is -2.79. The summed E-state index contributed by atoms with van der Waals surface area (Å²) < 4.78 is 7.07. The van der Waals surface area contributed by atoms with Crippen molar-refractivity contribution in [3.05, 3.63) is 64.3 Å². The second kappa shape index (κ2) is 7.91. The number of likely N-dealkylation sites (tertiary alicyclic amines) is 1. The molecule has 6 heteroatoms. The monoisotopic (exact) mass is 410 g/mol. The van der Waals surface area contributed by atoms with Crippen LogP contribution in [0.4, 0.5) is 0 Å². The quantitative estimate of drug-likeness (QED) is 0.637. The minimum atomic E-state index is -0.144. The predicted octanol–water partition coefficient (Wildman–Crippen LogP) is 4.47. The first-order chi connectivity index (χ1) is 14.0. The number of fused-ring (bicyclic) bond motifs is 1. The summed E-state index contributed by atoms with van der Waals surface area (Å²) in [5.41, 5.74) is 2.97. The Balaban J connectivity index is 1.82. The van der Waals surface area contributed by atoms with Gasteiger partial charge in [0.25, 0.3) is 5.91 Å². The maximum absolute atomic E-state index is 13.3. The summed E-state index contributed by atoms with van der Waals surface area (Å²) in [5, 5.41) is 1.45. The number of hydrogen-bond donors (Lipinski definition) is 0. The van der Waals surface area contributed by atoms with Gasteiger partial charge in [0.15, 0.2) is 0 Å². The lowest BCUT2D eigenvalue weighted by Crippen LogP contribution is -2.29. The molecule has 0 saturated carbocycles. The molecule has 1 aliphatic heterocycles. The average molecular weight is 411 g/mol. The summed E-state index contributed by atoms with van der Waals surface area (Å²) in [5.74, 6) is 0.657. The Kier molecular flexibility index (Phi) is 5.33. The highest BCUT2D eigenvalue weighted by molar-refractivity contribution is 6.30. The molecule has 0 N–H and O–H groups in total. The van der Waals surface area contributed by atoms with E-state index in [9.17, 15) is 9.59 Å². The molecule has 1 aromatic heterocycles. The molecule has 4 rings (SSSR count). The Labute approximate surface area is 174 Å². The van der Waals surface area contributed by atoms with Gasteiger partial charge in [0.1, 0.15) is 5.75 Å². The van der Waals surface area contributed by atoms with Crippen LogP contribution in [0.2, 0.25) is 5.02 Å². The van der Waals surface area contributed by atoms with E-state index in [0.717, 1.165) is 48.1 Å². The summed E-state index contributed by atoms with van der Waals surface area (Å²) in [4.78, 5) is 28.0. The molecule has 5 nitrogen and oxygen atoms in total. The molecule has 2 heterocycles. The highest BCUT2D eigenvalue weighted by atomic mass is 35.5. The summed E-state index contributed by atoms with van der Waals surface area (Å²) in [6.07, 6.45) is 2.38. The lowest BCUT2D eigenvalue weighted by molar-refractivity contribution is -0.129. The fourth-order valence-electron chi connectivity index (χ4n) is 4.03. The Bertz CT molecular complexity index is 1080. The van der Waals surface area contributed by atoms with Crippen LogP contribution in [0.3, 0.4) is 0 Å². The fraction of sp³-hybridized carbons (Fsp3) is 0.304. The first kappa shape index (κ1) is 19.5. The topological polar surface area (TPSA) is 51.5 Å². The van der Waals surface area contributed by atoms with E-state index in [1.54, 1.807) is 35.9 Å². The molecule has 1 amide bonds. The van der Waals surface area contributed by atoms with Crippen LogP contribution in [0, 0.1) is 6.92 Å². The van der Waals surface area contributed by atoms with Crippen molar-refractivity contribution in [2.24, 2.45) is 0 Å². The van der Waals surface area contributed by atoms with Crippen LogP contribution in [0.1, 0.15) is 34.5 Å². The van der Waals surface area contributed by atoms with E-state index < -0.39 is 0 Å². The number of benzene rings is 2. The normalized spacial score (nSPS) is 13.8. The first-order valence-electron chi connectivity index (χ1n) is 9.75. The standard InChI is InChI=1S/C23H23ClN2O3/c1-15-19(14-22(27)25-11-3-4-12-25)20-13-18(29-2)9-10-21(20)26(15)23(28)16-5-7-17(24)8-6-16/h5-10,13H,3-4,11-12,14H2,1-2H3. The summed E-state index contributed by atoms with van der Waals surface area (Å²) in [7, 11) is 1.61. The van der Waals surface area contributed by atoms with Crippen molar-refractivity contribution in [1.29, 1.82) is 0 Å². The van der Waals surface area contributed by atoms with Crippen LogP contribution in [0.15, 0.2) is 42.5 Å². The zero-order valence-electron chi connectivity index (χ0n) is 16.6. The van der Waals surface area contributed by atoms with Crippen molar-refractivity contribution in [2.75, 3.05) is 20.2 Å². The maximum Gasteiger partial charge on any atom is 0.262 e. The van der Waals surface area contributed by atoms with Gasteiger partial charge >= 0.3 is 0 Å². The van der Waals surface area contributed by atoms with Gasteiger partial charge in [0.2, 0.25) is 5.91 Å². The van der Waals surface area contributed by atoms with Crippen LogP contribution in [0.25, 0.3) is 10.9 Å². The highest BCUT2D eigenvalue weighted by Gasteiger charge is 2.25. The van der Waals surface area contributed by atoms with Gasteiger partial charge in [-0.2, -0.15) is 0 Å². The van der Waals surface area contributed by atoms with Crippen molar-refractivity contribution < 1.29 is 14.3 Å². The van der Waals surface area contributed by atoms with E-state index in [0.29, 0.717) is 16.3 Å². The number of amides is 1. The van der Waals surface area contributed by atoms with Crippen LogP contribution in [-0.2, 0) is 11.2 Å². The third-order valence-corrected chi connectivity index (χ3v) is 5.87. The minimum Gasteiger partial charge on any atom is -0.497 e. The molecule has 0 spiro atoms. The molecule has 1 saturated heterocycles. The summed E-state index contributed by atoms with van der Waals surface area (Å²) in [6, 6.07) is 12.5. The molecule has 0 bridgehead atoms. The second-order valence-electron chi connectivity index (χ2n) is 7.36. The zero-order valence-corrected chi connectivity index (χ0v) is 17.3. The number of rotatable bonds is 4. The summed E-state index contributed by atoms with van der Waals surface area (Å²) in [6.45, 7) is 3.51.